The molecule has 0 atom stereocenters. The molecule has 2 N–H and O–H groups in total. The number of anilines is 1. The van der Waals surface area contributed by atoms with Gasteiger partial charge in [-0.3, -0.25) is 0 Å². The highest BCUT2D eigenvalue weighted by Crippen LogP contribution is 2.23. The molecule has 2 nitrogen and oxygen atoms in total. The molecule has 0 saturated heterocycles. The Morgan fingerprint density at radius 1 is 1.31 bits per heavy atom. The van der Waals surface area contributed by atoms with Crippen molar-refractivity contribution in [3.05, 3.63) is 23.2 Å². The molecule has 0 amide bonds. The minimum atomic E-state index is 0.823. The van der Waals surface area contributed by atoms with Gasteiger partial charge >= 0.3 is 0 Å². The summed E-state index contributed by atoms with van der Waals surface area (Å²) in [6.45, 7) is 6.01. The van der Waals surface area contributed by atoms with Crippen LogP contribution >= 0.6 is 11.3 Å². The standard InChI is InChI=1S/C8H8N2S.C2H6/c1-5-2-8-7(3-6(5)9)10-4-11-8;1-2/h2-4H,9H2,1H3;1-2H3. The zero-order valence-electron chi connectivity index (χ0n) is 8.16. The number of rotatable bonds is 0. The molecular formula is C10H14N2S. The van der Waals surface area contributed by atoms with Gasteiger partial charge in [-0.15, -0.1) is 11.3 Å². The molecule has 2 aromatic rings. The van der Waals surface area contributed by atoms with E-state index in [1.54, 1.807) is 11.3 Å². The Balaban J connectivity index is 0.000000396. The smallest absolute Gasteiger partial charge is 0.0832 e. The monoisotopic (exact) mass is 194 g/mol. The third-order valence-electron chi connectivity index (χ3n) is 1.72. The molecular weight excluding hydrogens is 180 g/mol. The SMILES string of the molecule is CC.Cc1cc2scnc2cc1N. The van der Waals surface area contributed by atoms with Gasteiger partial charge in [0.05, 0.1) is 15.7 Å². The van der Waals surface area contributed by atoms with Crippen molar-refractivity contribution in [3.8, 4) is 0 Å². The van der Waals surface area contributed by atoms with Crippen molar-refractivity contribution >= 4 is 27.2 Å². The number of fused-ring (bicyclic) bond motifs is 1. The molecule has 0 saturated carbocycles. The van der Waals surface area contributed by atoms with E-state index in [0.29, 0.717) is 0 Å². The van der Waals surface area contributed by atoms with Crippen molar-refractivity contribution in [2.45, 2.75) is 20.8 Å². The van der Waals surface area contributed by atoms with Gasteiger partial charge in [0.25, 0.3) is 0 Å². The van der Waals surface area contributed by atoms with Crippen LogP contribution in [0.2, 0.25) is 0 Å². The van der Waals surface area contributed by atoms with Crippen LogP contribution in [-0.4, -0.2) is 4.98 Å². The second-order valence-corrected chi connectivity index (χ2v) is 3.42. The molecule has 0 unspecified atom stereocenters. The van der Waals surface area contributed by atoms with Crippen LogP contribution in [0.5, 0.6) is 0 Å². The molecule has 2 rings (SSSR count). The van der Waals surface area contributed by atoms with E-state index in [2.05, 4.69) is 11.1 Å². The Labute approximate surface area is 82.4 Å². The Morgan fingerprint density at radius 2 is 2.00 bits per heavy atom. The average molecular weight is 194 g/mol. The molecule has 0 spiro atoms. The van der Waals surface area contributed by atoms with Crippen LogP contribution < -0.4 is 5.73 Å². The number of benzene rings is 1. The van der Waals surface area contributed by atoms with E-state index in [1.165, 1.54) is 4.70 Å². The summed E-state index contributed by atoms with van der Waals surface area (Å²) in [6.07, 6.45) is 0. The maximum absolute atomic E-state index is 5.71. The van der Waals surface area contributed by atoms with Crippen molar-refractivity contribution in [2.75, 3.05) is 5.73 Å². The van der Waals surface area contributed by atoms with Crippen molar-refractivity contribution in [3.63, 3.8) is 0 Å². The van der Waals surface area contributed by atoms with E-state index in [9.17, 15) is 0 Å². The van der Waals surface area contributed by atoms with Gasteiger partial charge in [-0.05, 0) is 24.6 Å². The largest absolute Gasteiger partial charge is 0.398 e. The maximum Gasteiger partial charge on any atom is 0.0832 e. The quantitative estimate of drug-likeness (QED) is 0.654. The van der Waals surface area contributed by atoms with Crippen LogP contribution in [0.1, 0.15) is 19.4 Å². The fourth-order valence-electron chi connectivity index (χ4n) is 1.02. The summed E-state index contributed by atoms with van der Waals surface area (Å²) in [5, 5.41) is 0. The van der Waals surface area contributed by atoms with E-state index in [0.717, 1.165) is 16.8 Å². The number of hydrogen-bond acceptors (Lipinski definition) is 3. The van der Waals surface area contributed by atoms with Crippen molar-refractivity contribution in [1.82, 2.24) is 4.98 Å². The molecule has 0 aliphatic carbocycles. The number of aryl methyl sites for hydroxylation is 1. The molecule has 0 aliphatic rings. The van der Waals surface area contributed by atoms with Crippen LogP contribution in [0.25, 0.3) is 10.2 Å². The van der Waals surface area contributed by atoms with Gasteiger partial charge in [-0.2, -0.15) is 0 Å². The Hall–Kier alpha value is -1.09. The van der Waals surface area contributed by atoms with Gasteiger partial charge in [0, 0.05) is 5.69 Å². The van der Waals surface area contributed by atoms with Gasteiger partial charge in [0.2, 0.25) is 0 Å². The lowest BCUT2D eigenvalue weighted by Crippen LogP contribution is -1.87. The number of hydrogen-bond donors (Lipinski definition) is 1. The summed E-state index contributed by atoms with van der Waals surface area (Å²) in [5.41, 5.74) is 10.5. The molecule has 13 heavy (non-hydrogen) atoms. The fraction of sp³-hybridized carbons (Fsp3) is 0.300. The van der Waals surface area contributed by atoms with Crippen molar-refractivity contribution in [2.24, 2.45) is 0 Å². The van der Waals surface area contributed by atoms with Crippen molar-refractivity contribution < 1.29 is 0 Å². The molecule has 0 bridgehead atoms. The highest BCUT2D eigenvalue weighted by Gasteiger charge is 1.99. The first-order valence-electron chi connectivity index (χ1n) is 4.37. The topological polar surface area (TPSA) is 38.9 Å². The third-order valence-corrected chi connectivity index (χ3v) is 2.51. The minimum Gasteiger partial charge on any atom is -0.398 e. The predicted octanol–water partition coefficient (Wildman–Crippen LogP) is 3.21. The Kier molecular flexibility index (Phi) is 3.25. The number of nitrogens with zero attached hydrogens (tertiary/aromatic N) is 1. The number of aromatic nitrogens is 1. The molecule has 1 aromatic heterocycles. The van der Waals surface area contributed by atoms with E-state index in [-0.39, 0.29) is 0 Å². The zero-order valence-corrected chi connectivity index (χ0v) is 8.98. The van der Waals surface area contributed by atoms with Crippen LogP contribution in [0.4, 0.5) is 5.69 Å². The van der Waals surface area contributed by atoms with Crippen LogP contribution in [0.3, 0.4) is 0 Å². The lowest BCUT2D eigenvalue weighted by Gasteiger charge is -1.97. The highest BCUT2D eigenvalue weighted by atomic mass is 32.1. The summed E-state index contributed by atoms with van der Waals surface area (Å²) in [6, 6.07) is 3.99. The van der Waals surface area contributed by atoms with Gasteiger partial charge in [0.15, 0.2) is 0 Å². The van der Waals surface area contributed by atoms with E-state index >= 15 is 0 Å². The average Bonchev–Trinajstić information content (AvgIpc) is 2.56. The summed E-state index contributed by atoms with van der Waals surface area (Å²) < 4.78 is 1.21. The number of nitrogens with two attached hydrogens (primary N) is 1. The van der Waals surface area contributed by atoms with E-state index in [1.807, 2.05) is 32.3 Å². The molecule has 0 radical (unpaired) electrons. The minimum absolute atomic E-state index is 0.823. The Morgan fingerprint density at radius 3 is 2.69 bits per heavy atom. The van der Waals surface area contributed by atoms with Crippen LogP contribution in [0.15, 0.2) is 17.6 Å². The summed E-state index contributed by atoms with van der Waals surface area (Å²) in [5.74, 6) is 0. The Bertz CT molecular complexity index is 357. The van der Waals surface area contributed by atoms with Gasteiger partial charge in [0.1, 0.15) is 0 Å². The van der Waals surface area contributed by atoms with Crippen LogP contribution in [-0.2, 0) is 0 Å². The van der Waals surface area contributed by atoms with Crippen molar-refractivity contribution in [1.29, 1.82) is 0 Å². The first kappa shape index (κ1) is 9.99. The van der Waals surface area contributed by atoms with Gasteiger partial charge in [-0.1, -0.05) is 13.8 Å². The molecule has 0 aliphatic heterocycles. The summed E-state index contributed by atoms with van der Waals surface area (Å²) in [4.78, 5) is 4.16. The summed E-state index contributed by atoms with van der Waals surface area (Å²) >= 11 is 1.64. The summed E-state index contributed by atoms with van der Waals surface area (Å²) in [7, 11) is 0. The van der Waals surface area contributed by atoms with Gasteiger partial charge < -0.3 is 5.73 Å². The zero-order chi connectivity index (χ0) is 9.84. The second kappa shape index (κ2) is 4.23. The highest BCUT2D eigenvalue weighted by molar-refractivity contribution is 7.16. The molecule has 1 heterocycles. The lowest BCUT2D eigenvalue weighted by molar-refractivity contribution is 1.46. The molecule has 3 heteroatoms. The number of thiazole rings is 1. The normalized spacial score (nSPS) is 9.46. The maximum atomic E-state index is 5.71. The van der Waals surface area contributed by atoms with E-state index < -0.39 is 0 Å². The molecule has 70 valence electrons. The number of nitrogen functional groups attached to an aromatic ring is 1. The first-order chi connectivity index (χ1) is 6.27. The second-order valence-electron chi connectivity index (χ2n) is 2.53. The molecule has 0 fully saturated rings. The molecule has 1 aromatic carbocycles. The lowest BCUT2D eigenvalue weighted by atomic mass is 10.2. The predicted molar refractivity (Wildman–Crippen MR) is 60.1 cm³/mol. The van der Waals surface area contributed by atoms with Gasteiger partial charge in [-0.25, -0.2) is 4.98 Å². The van der Waals surface area contributed by atoms with Crippen LogP contribution in [0, 0.1) is 6.92 Å². The first-order valence-corrected chi connectivity index (χ1v) is 5.24. The third kappa shape index (κ3) is 1.98. The fourth-order valence-corrected chi connectivity index (χ4v) is 1.78. The van der Waals surface area contributed by atoms with E-state index in [4.69, 9.17) is 5.73 Å².